The third-order valence-electron chi connectivity index (χ3n) is 5.57. The first-order valence-electron chi connectivity index (χ1n) is 8.71. The molecule has 4 rings (SSSR count). The summed E-state index contributed by atoms with van der Waals surface area (Å²) in [4.78, 5) is 25.5. The van der Waals surface area contributed by atoms with E-state index in [4.69, 9.17) is 4.74 Å². The summed E-state index contributed by atoms with van der Waals surface area (Å²) in [7, 11) is 0. The van der Waals surface area contributed by atoms with Crippen LogP contribution in [0.25, 0.3) is 0 Å². The summed E-state index contributed by atoms with van der Waals surface area (Å²) in [5.41, 5.74) is 0.469. The molecule has 1 aromatic heterocycles. The number of hydrogen-bond acceptors (Lipinski definition) is 5. The van der Waals surface area contributed by atoms with Crippen LogP contribution in [0.15, 0.2) is 18.6 Å². The third kappa shape index (κ3) is 2.97. The topological polar surface area (TPSA) is 58.6 Å². The fourth-order valence-corrected chi connectivity index (χ4v) is 4.37. The smallest absolute Gasteiger partial charge is 0.274 e. The van der Waals surface area contributed by atoms with Gasteiger partial charge in [-0.15, -0.1) is 0 Å². The molecule has 3 fully saturated rings. The fraction of sp³-hybridized carbons (Fsp3) is 0.706. The van der Waals surface area contributed by atoms with Crippen molar-refractivity contribution in [2.75, 3.05) is 32.8 Å². The van der Waals surface area contributed by atoms with Crippen molar-refractivity contribution in [1.29, 1.82) is 0 Å². The molecule has 0 aromatic carbocycles. The lowest BCUT2D eigenvalue weighted by Crippen LogP contribution is -2.41. The van der Waals surface area contributed by atoms with Crippen LogP contribution in [0.4, 0.5) is 0 Å². The van der Waals surface area contributed by atoms with Crippen molar-refractivity contribution >= 4 is 5.91 Å². The Morgan fingerprint density at radius 1 is 1.13 bits per heavy atom. The summed E-state index contributed by atoms with van der Waals surface area (Å²) in [6, 6.07) is 0.878. The quantitative estimate of drug-likeness (QED) is 0.838. The molecular formula is C17H24N4O2. The third-order valence-corrected chi connectivity index (χ3v) is 5.57. The molecule has 2 atom stereocenters. The van der Waals surface area contributed by atoms with Crippen molar-refractivity contribution in [3.63, 3.8) is 0 Å². The lowest BCUT2D eigenvalue weighted by atomic mass is 9.99. The van der Waals surface area contributed by atoms with Crippen LogP contribution in [0.5, 0.6) is 0 Å². The van der Waals surface area contributed by atoms with Gasteiger partial charge in [0, 0.05) is 57.3 Å². The number of fused-ring (bicyclic) bond motifs is 1. The zero-order valence-electron chi connectivity index (χ0n) is 13.4. The average molecular weight is 316 g/mol. The van der Waals surface area contributed by atoms with Crippen molar-refractivity contribution in [3.05, 3.63) is 24.3 Å². The zero-order valence-corrected chi connectivity index (χ0v) is 13.4. The van der Waals surface area contributed by atoms with Gasteiger partial charge in [0.05, 0.1) is 6.20 Å². The summed E-state index contributed by atoms with van der Waals surface area (Å²) in [6.45, 7) is 4.93. The molecule has 0 radical (unpaired) electrons. The summed E-state index contributed by atoms with van der Waals surface area (Å²) < 4.78 is 5.46. The lowest BCUT2D eigenvalue weighted by Gasteiger charge is -2.30. The molecule has 6 nitrogen and oxygen atoms in total. The van der Waals surface area contributed by atoms with Gasteiger partial charge in [0.15, 0.2) is 0 Å². The predicted octanol–water partition coefficient (Wildman–Crippen LogP) is 1.19. The molecule has 3 saturated heterocycles. The summed E-state index contributed by atoms with van der Waals surface area (Å²) >= 11 is 0. The van der Waals surface area contributed by atoms with Crippen LogP contribution in [0, 0.1) is 5.92 Å². The number of ether oxygens (including phenoxy) is 1. The molecule has 1 amide bonds. The number of rotatable bonds is 3. The van der Waals surface area contributed by atoms with Crippen LogP contribution < -0.4 is 0 Å². The van der Waals surface area contributed by atoms with Gasteiger partial charge in [0.2, 0.25) is 0 Å². The number of aromatic nitrogens is 2. The molecule has 6 heteroatoms. The highest BCUT2D eigenvalue weighted by atomic mass is 16.5. The van der Waals surface area contributed by atoms with Crippen molar-refractivity contribution in [2.24, 2.45) is 5.92 Å². The van der Waals surface area contributed by atoms with Crippen LogP contribution >= 0.6 is 0 Å². The first kappa shape index (κ1) is 15.0. The first-order valence-corrected chi connectivity index (χ1v) is 8.71. The maximum Gasteiger partial charge on any atom is 0.274 e. The van der Waals surface area contributed by atoms with E-state index in [9.17, 15) is 4.79 Å². The Kier molecular flexibility index (Phi) is 4.27. The summed E-state index contributed by atoms with van der Waals surface area (Å²) in [5.74, 6) is 0.797. The molecule has 1 aromatic rings. The van der Waals surface area contributed by atoms with Gasteiger partial charge >= 0.3 is 0 Å². The van der Waals surface area contributed by atoms with Crippen LogP contribution in [0.1, 0.15) is 36.2 Å². The van der Waals surface area contributed by atoms with E-state index < -0.39 is 0 Å². The molecule has 0 aliphatic carbocycles. The van der Waals surface area contributed by atoms with E-state index in [0.717, 1.165) is 51.6 Å². The second kappa shape index (κ2) is 6.53. The molecule has 0 N–H and O–H groups in total. The minimum atomic E-state index is 0.0403. The fourth-order valence-electron chi connectivity index (χ4n) is 4.37. The second-order valence-electron chi connectivity index (χ2n) is 6.85. The lowest BCUT2D eigenvalue weighted by molar-refractivity contribution is 0.0502. The number of carbonyl (C=O) groups is 1. The van der Waals surface area contributed by atoms with Gasteiger partial charge in [0.1, 0.15) is 5.69 Å². The van der Waals surface area contributed by atoms with Crippen LogP contribution in [0.2, 0.25) is 0 Å². The van der Waals surface area contributed by atoms with E-state index >= 15 is 0 Å². The number of carbonyl (C=O) groups excluding carboxylic acids is 1. The van der Waals surface area contributed by atoms with E-state index in [1.165, 1.54) is 12.8 Å². The van der Waals surface area contributed by atoms with Crippen molar-refractivity contribution in [2.45, 2.75) is 37.8 Å². The molecule has 4 heterocycles. The number of nitrogens with zero attached hydrogens (tertiary/aromatic N) is 4. The minimum Gasteiger partial charge on any atom is -0.381 e. The molecule has 3 aliphatic rings. The molecule has 0 bridgehead atoms. The monoisotopic (exact) mass is 316 g/mol. The molecule has 3 aliphatic heterocycles. The zero-order chi connectivity index (χ0) is 15.6. The Morgan fingerprint density at radius 2 is 1.96 bits per heavy atom. The van der Waals surface area contributed by atoms with Gasteiger partial charge in [-0.1, -0.05) is 0 Å². The predicted molar refractivity (Wildman–Crippen MR) is 85.0 cm³/mol. The molecule has 23 heavy (non-hydrogen) atoms. The van der Waals surface area contributed by atoms with Crippen molar-refractivity contribution in [1.82, 2.24) is 19.8 Å². The van der Waals surface area contributed by atoms with E-state index in [1.54, 1.807) is 18.6 Å². The maximum atomic E-state index is 12.7. The highest BCUT2D eigenvalue weighted by molar-refractivity contribution is 5.92. The maximum absolute atomic E-state index is 12.7. The van der Waals surface area contributed by atoms with Gasteiger partial charge in [0.25, 0.3) is 5.91 Å². The first-order chi connectivity index (χ1) is 11.3. The Morgan fingerprint density at radius 3 is 2.74 bits per heavy atom. The molecular weight excluding hydrogens is 292 g/mol. The van der Waals surface area contributed by atoms with Gasteiger partial charge < -0.3 is 9.64 Å². The van der Waals surface area contributed by atoms with Gasteiger partial charge in [-0.3, -0.25) is 14.7 Å². The number of amides is 1. The summed E-state index contributed by atoms with van der Waals surface area (Å²) in [6.07, 6.45) is 9.29. The molecule has 124 valence electrons. The van der Waals surface area contributed by atoms with E-state index in [2.05, 4.69) is 14.9 Å². The van der Waals surface area contributed by atoms with Gasteiger partial charge in [-0.05, 0) is 31.6 Å². The van der Waals surface area contributed by atoms with Crippen molar-refractivity contribution < 1.29 is 9.53 Å². The van der Waals surface area contributed by atoms with E-state index in [-0.39, 0.29) is 5.91 Å². The number of likely N-dealkylation sites (tertiary alicyclic amines) is 2. The second-order valence-corrected chi connectivity index (χ2v) is 6.85. The highest BCUT2D eigenvalue weighted by Crippen LogP contribution is 2.33. The number of hydrogen-bond donors (Lipinski definition) is 0. The normalized spacial score (nSPS) is 29.0. The standard InChI is InChI=1S/C17H24N4O2/c22-17(14-11-18-5-6-19-14)21-8-2-15-16(21)1-7-20(15)12-13-3-9-23-10-4-13/h5-6,11,13,15-16H,1-4,7-10,12H2/t15-,16+/m1/s1. The Hall–Kier alpha value is -1.53. The van der Waals surface area contributed by atoms with Crippen LogP contribution in [-0.2, 0) is 4.74 Å². The van der Waals surface area contributed by atoms with E-state index in [1.807, 2.05) is 4.90 Å². The van der Waals surface area contributed by atoms with Crippen molar-refractivity contribution in [3.8, 4) is 0 Å². The Bertz CT molecular complexity index is 547. The SMILES string of the molecule is O=C(c1cnccn1)N1CC[C@@H]2[C@@H]1CCN2CC1CCOCC1. The van der Waals surface area contributed by atoms with Crippen LogP contribution in [0.3, 0.4) is 0 Å². The molecule has 0 unspecified atom stereocenters. The highest BCUT2D eigenvalue weighted by Gasteiger charge is 2.45. The Balaban J connectivity index is 1.40. The van der Waals surface area contributed by atoms with Gasteiger partial charge in [-0.25, -0.2) is 4.98 Å². The van der Waals surface area contributed by atoms with E-state index in [0.29, 0.717) is 17.8 Å². The Labute approximate surface area is 136 Å². The van der Waals surface area contributed by atoms with Gasteiger partial charge in [-0.2, -0.15) is 0 Å². The molecule has 0 spiro atoms. The largest absolute Gasteiger partial charge is 0.381 e. The average Bonchev–Trinajstić information content (AvgIpc) is 3.19. The minimum absolute atomic E-state index is 0.0403. The van der Waals surface area contributed by atoms with Crippen LogP contribution in [-0.4, -0.2) is 70.6 Å². The molecule has 0 saturated carbocycles. The summed E-state index contributed by atoms with van der Waals surface area (Å²) in [5, 5.41) is 0.